The van der Waals surface area contributed by atoms with E-state index in [0.717, 1.165) is 35.7 Å². The van der Waals surface area contributed by atoms with E-state index in [1.807, 2.05) is 30.3 Å². The van der Waals surface area contributed by atoms with Crippen LogP contribution in [0.2, 0.25) is 0 Å². The normalized spacial score (nSPS) is 15.1. The summed E-state index contributed by atoms with van der Waals surface area (Å²) in [6.45, 7) is 7.83. The van der Waals surface area contributed by atoms with Gasteiger partial charge in [0.1, 0.15) is 5.75 Å². The van der Waals surface area contributed by atoms with Crippen LogP contribution in [0, 0.1) is 13.8 Å². The maximum absolute atomic E-state index is 12.6. The minimum atomic E-state index is -0.464. The maximum Gasteiger partial charge on any atom is 0.265 e. The summed E-state index contributed by atoms with van der Waals surface area (Å²) in [5.41, 5.74) is 5.45. The quantitative estimate of drug-likeness (QED) is 0.853. The molecule has 2 aromatic carbocycles. The lowest BCUT2D eigenvalue weighted by atomic mass is 10.0. The van der Waals surface area contributed by atoms with E-state index in [1.165, 1.54) is 11.1 Å². The van der Waals surface area contributed by atoms with Gasteiger partial charge in [-0.15, -0.1) is 12.4 Å². The van der Waals surface area contributed by atoms with Crippen molar-refractivity contribution in [3.8, 4) is 5.75 Å². The Kier molecular flexibility index (Phi) is 6.45. The van der Waals surface area contributed by atoms with Crippen molar-refractivity contribution in [2.24, 2.45) is 0 Å². The van der Waals surface area contributed by atoms with Gasteiger partial charge in [0, 0.05) is 18.7 Å². The van der Waals surface area contributed by atoms with Gasteiger partial charge in [-0.3, -0.25) is 4.79 Å². The molecule has 2 N–H and O–H groups in total. The number of benzene rings is 2. The molecule has 0 radical (unpaired) electrons. The van der Waals surface area contributed by atoms with Crippen molar-refractivity contribution in [3.63, 3.8) is 0 Å². The molecule has 0 saturated carbocycles. The van der Waals surface area contributed by atoms with Crippen LogP contribution < -0.4 is 15.4 Å². The van der Waals surface area contributed by atoms with E-state index in [0.29, 0.717) is 6.42 Å². The Morgan fingerprint density at radius 2 is 1.92 bits per heavy atom. The predicted octanol–water partition coefficient (Wildman–Crippen LogP) is 3.78. The van der Waals surface area contributed by atoms with Crippen molar-refractivity contribution in [3.05, 3.63) is 58.7 Å². The number of hydrogen-bond donors (Lipinski definition) is 2. The molecule has 4 nitrogen and oxygen atoms in total. The van der Waals surface area contributed by atoms with E-state index in [2.05, 4.69) is 37.5 Å². The second-order valence-electron chi connectivity index (χ2n) is 6.28. The van der Waals surface area contributed by atoms with Gasteiger partial charge < -0.3 is 15.4 Å². The van der Waals surface area contributed by atoms with Gasteiger partial charge in [-0.1, -0.05) is 31.2 Å². The van der Waals surface area contributed by atoms with Crippen molar-refractivity contribution in [2.45, 2.75) is 39.8 Å². The summed E-state index contributed by atoms with van der Waals surface area (Å²) in [6, 6.07) is 12.0. The highest BCUT2D eigenvalue weighted by molar-refractivity contribution is 5.95. The van der Waals surface area contributed by atoms with Crippen molar-refractivity contribution < 1.29 is 9.53 Å². The number of para-hydroxylation sites is 1. The number of ether oxygens (including phenoxy) is 1. The summed E-state index contributed by atoms with van der Waals surface area (Å²) < 4.78 is 5.87. The summed E-state index contributed by atoms with van der Waals surface area (Å²) in [5, 5.41) is 6.31. The Hall–Kier alpha value is -2.04. The molecule has 0 spiro atoms. The van der Waals surface area contributed by atoms with E-state index in [1.54, 1.807) is 0 Å². The number of carbonyl (C=O) groups is 1. The van der Waals surface area contributed by atoms with E-state index in [9.17, 15) is 4.79 Å². The molecule has 134 valence electrons. The SMILES string of the molecule is CCNCc1ccccc1NC(=O)C1Cc2cc(C)c(C)cc2O1.Cl. The Morgan fingerprint density at radius 3 is 2.68 bits per heavy atom. The average molecular weight is 361 g/mol. The van der Waals surface area contributed by atoms with Gasteiger partial charge in [0.15, 0.2) is 6.10 Å². The fourth-order valence-corrected chi connectivity index (χ4v) is 2.93. The maximum atomic E-state index is 12.6. The van der Waals surface area contributed by atoms with E-state index in [-0.39, 0.29) is 18.3 Å². The Morgan fingerprint density at radius 1 is 1.20 bits per heavy atom. The first-order valence-corrected chi connectivity index (χ1v) is 8.44. The van der Waals surface area contributed by atoms with E-state index in [4.69, 9.17) is 4.74 Å². The number of fused-ring (bicyclic) bond motifs is 1. The monoisotopic (exact) mass is 360 g/mol. The molecule has 1 amide bonds. The van der Waals surface area contributed by atoms with Crippen LogP contribution >= 0.6 is 12.4 Å². The number of rotatable bonds is 5. The Balaban J connectivity index is 0.00000225. The minimum absolute atomic E-state index is 0. The summed E-state index contributed by atoms with van der Waals surface area (Å²) >= 11 is 0. The van der Waals surface area contributed by atoms with Gasteiger partial charge in [0.25, 0.3) is 5.91 Å². The Labute approximate surface area is 155 Å². The lowest BCUT2D eigenvalue weighted by Gasteiger charge is -2.14. The number of anilines is 1. The van der Waals surface area contributed by atoms with Crippen LogP contribution in [-0.4, -0.2) is 18.6 Å². The van der Waals surface area contributed by atoms with Crippen molar-refractivity contribution in [2.75, 3.05) is 11.9 Å². The fourth-order valence-electron chi connectivity index (χ4n) is 2.93. The van der Waals surface area contributed by atoms with Gasteiger partial charge in [0.2, 0.25) is 0 Å². The first kappa shape index (κ1) is 19.3. The van der Waals surface area contributed by atoms with Crippen molar-refractivity contribution >= 4 is 24.0 Å². The highest BCUT2D eigenvalue weighted by atomic mass is 35.5. The molecule has 1 atom stereocenters. The Bertz CT molecular complexity index is 730. The summed E-state index contributed by atoms with van der Waals surface area (Å²) in [5.74, 6) is 0.740. The third kappa shape index (κ3) is 4.33. The number of hydrogen-bond acceptors (Lipinski definition) is 3. The molecule has 1 heterocycles. The molecular formula is C20H25ClN2O2. The zero-order valence-corrected chi connectivity index (χ0v) is 15.7. The van der Waals surface area contributed by atoms with Gasteiger partial charge in [-0.2, -0.15) is 0 Å². The predicted molar refractivity (Wildman–Crippen MR) is 104 cm³/mol. The van der Waals surface area contributed by atoms with E-state index >= 15 is 0 Å². The van der Waals surface area contributed by atoms with Crippen LogP contribution in [0.3, 0.4) is 0 Å². The zero-order valence-electron chi connectivity index (χ0n) is 14.9. The molecule has 0 aliphatic carbocycles. The molecular weight excluding hydrogens is 336 g/mol. The molecule has 3 rings (SSSR count). The van der Waals surface area contributed by atoms with Gasteiger partial charge >= 0.3 is 0 Å². The van der Waals surface area contributed by atoms with Crippen LogP contribution in [0.15, 0.2) is 36.4 Å². The molecule has 0 aromatic heterocycles. The highest BCUT2D eigenvalue weighted by Gasteiger charge is 2.29. The second kappa shape index (κ2) is 8.37. The summed E-state index contributed by atoms with van der Waals surface area (Å²) in [4.78, 5) is 12.6. The van der Waals surface area contributed by atoms with E-state index < -0.39 is 6.10 Å². The fraction of sp³-hybridized carbons (Fsp3) is 0.350. The second-order valence-corrected chi connectivity index (χ2v) is 6.28. The number of halogens is 1. The first-order valence-electron chi connectivity index (χ1n) is 8.44. The highest BCUT2D eigenvalue weighted by Crippen LogP contribution is 2.32. The van der Waals surface area contributed by atoms with Crippen LogP contribution in [0.25, 0.3) is 0 Å². The molecule has 0 saturated heterocycles. The third-order valence-electron chi connectivity index (χ3n) is 4.48. The lowest BCUT2D eigenvalue weighted by molar-refractivity contribution is -0.122. The molecule has 1 aliphatic rings. The standard InChI is InChI=1S/C20H24N2O2.ClH/c1-4-21-12-15-7-5-6-8-17(15)22-20(23)19-11-16-9-13(2)14(3)10-18(16)24-19;/h5-10,19,21H,4,11-12H2,1-3H3,(H,22,23);1H. The smallest absolute Gasteiger partial charge is 0.265 e. The van der Waals surface area contributed by atoms with Crippen molar-refractivity contribution in [1.82, 2.24) is 5.32 Å². The number of nitrogens with one attached hydrogen (secondary N) is 2. The van der Waals surface area contributed by atoms with Gasteiger partial charge in [-0.05, 0) is 54.8 Å². The van der Waals surface area contributed by atoms with Crippen molar-refractivity contribution in [1.29, 1.82) is 0 Å². The minimum Gasteiger partial charge on any atom is -0.480 e. The first-order chi connectivity index (χ1) is 11.6. The third-order valence-corrected chi connectivity index (χ3v) is 4.48. The van der Waals surface area contributed by atoms with Crippen LogP contribution in [-0.2, 0) is 17.8 Å². The van der Waals surface area contributed by atoms with Crippen LogP contribution in [0.4, 0.5) is 5.69 Å². The molecule has 0 bridgehead atoms. The number of aryl methyl sites for hydroxylation is 2. The average Bonchev–Trinajstić information content (AvgIpc) is 2.97. The lowest BCUT2D eigenvalue weighted by Crippen LogP contribution is -2.32. The molecule has 0 fully saturated rings. The zero-order chi connectivity index (χ0) is 17.1. The molecule has 25 heavy (non-hydrogen) atoms. The molecule has 2 aromatic rings. The number of amides is 1. The van der Waals surface area contributed by atoms with Gasteiger partial charge in [0.05, 0.1) is 0 Å². The summed E-state index contributed by atoms with van der Waals surface area (Å²) in [6.07, 6.45) is 0.158. The molecule has 5 heteroatoms. The van der Waals surface area contributed by atoms with Crippen LogP contribution in [0.5, 0.6) is 5.75 Å². The largest absolute Gasteiger partial charge is 0.480 e. The molecule has 1 unspecified atom stereocenters. The van der Waals surface area contributed by atoms with Crippen LogP contribution in [0.1, 0.15) is 29.2 Å². The topological polar surface area (TPSA) is 50.4 Å². The van der Waals surface area contributed by atoms with Gasteiger partial charge in [-0.25, -0.2) is 0 Å². The summed E-state index contributed by atoms with van der Waals surface area (Å²) in [7, 11) is 0. The molecule has 1 aliphatic heterocycles. The number of carbonyl (C=O) groups excluding carboxylic acids is 1.